The highest BCUT2D eigenvalue weighted by Crippen LogP contribution is 2.18. The molecule has 0 aliphatic heterocycles. The van der Waals surface area contributed by atoms with Gasteiger partial charge in [0.05, 0.1) is 6.33 Å². The molecule has 0 spiro atoms. The Hall–Kier alpha value is -1.65. The molecule has 0 saturated heterocycles. The van der Waals surface area contributed by atoms with Crippen LogP contribution in [0.2, 0.25) is 0 Å². The molecule has 0 aliphatic carbocycles. The predicted molar refractivity (Wildman–Crippen MR) is 50.6 cm³/mol. The third-order valence-corrected chi connectivity index (χ3v) is 1.86. The largest absolute Gasteiger partial charge is 0.419 e. The van der Waals surface area contributed by atoms with Gasteiger partial charge in [0.15, 0.2) is 0 Å². The molecule has 0 bridgehead atoms. The van der Waals surface area contributed by atoms with E-state index in [1.807, 2.05) is 31.7 Å². The lowest BCUT2D eigenvalue weighted by molar-refractivity contribution is 0.480. The van der Waals surface area contributed by atoms with E-state index in [0.29, 0.717) is 17.5 Å². The van der Waals surface area contributed by atoms with Crippen LogP contribution in [0.15, 0.2) is 16.9 Å². The van der Waals surface area contributed by atoms with Gasteiger partial charge in [-0.05, 0) is 0 Å². The maximum absolute atomic E-state index is 5.45. The summed E-state index contributed by atoms with van der Waals surface area (Å²) in [5.41, 5.74) is 0.715. The van der Waals surface area contributed by atoms with E-state index in [1.54, 1.807) is 6.33 Å². The van der Waals surface area contributed by atoms with Crippen LogP contribution in [0.3, 0.4) is 0 Å². The van der Waals surface area contributed by atoms with E-state index in [9.17, 15) is 0 Å². The van der Waals surface area contributed by atoms with Gasteiger partial charge < -0.3 is 8.98 Å². The van der Waals surface area contributed by atoms with Gasteiger partial charge in [0.2, 0.25) is 5.89 Å². The van der Waals surface area contributed by atoms with E-state index >= 15 is 0 Å². The summed E-state index contributed by atoms with van der Waals surface area (Å²) < 4.78 is 7.29. The summed E-state index contributed by atoms with van der Waals surface area (Å²) in [7, 11) is 1.90. The van der Waals surface area contributed by atoms with Crippen molar-refractivity contribution in [2.45, 2.75) is 19.8 Å². The van der Waals surface area contributed by atoms with Crippen molar-refractivity contribution in [3.8, 4) is 11.6 Å². The molecule has 5 nitrogen and oxygen atoms in total. The highest BCUT2D eigenvalue weighted by Gasteiger charge is 2.12. The zero-order valence-corrected chi connectivity index (χ0v) is 8.43. The van der Waals surface area contributed by atoms with Crippen molar-refractivity contribution in [3.05, 3.63) is 18.4 Å². The average molecular weight is 192 g/mol. The molecule has 0 amide bonds. The van der Waals surface area contributed by atoms with Crippen molar-refractivity contribution in [3.63, 3.8) is 0 Å². The first kappa shape index (κ1) is 8.93. The Morgan fingerprint density at radius 1 is 1.36 bits per heavy atom. The van der Waals surface area contributed by atoms with Crippen LogP contribution in [0.4, 0.5) is 0 Å². The lowest BCUT2D eigenvalue weighted by Crippen LogP contribution is -1.85. The SMILES string of the molecule is CC(C)c1nnc(-c2cn(C)cn2)o1. The fraction of sp³-hybridized carbons (Fsp3) is 0.444. The molecule has 0 radical (unpaired) electrons. The second-order valence-corrected chi connectivity index (χ2v) is 3.52. The van der Waals surface area contributed by atoms with Crippen LogP contribution >= 0.6 is 0 Å². The van der Waals surface area contributed by atoms with Crippen LogP contribution in [0.25, 0.3) is 11.6 Å². The van der Waals surface area contributed by atoms with Gasteiger partial charge in [-0.25, -0.2) is 4.98 Å². The van der Waals surface area contributed by atoms with Crippen LogP contribution in [0.1, 0.15) is 25.7 Å². The van der Waals surface area contributed by atoms with Gasteiger partial charge in [-0.15, -0.1) is 10.2 Å². The molecule has 2 aromatic heterocycles. The summed E-state index contributed by atoms with van der Waals surface area (Å²) in [6.07, 6.45) is 3.55. The molecule has 0 N–H and O–H groups in total. The average Bonchev–Trinajstić information content (AvgIpc) is 2.70. The Labute approximate surface area is 81.8 Å². The van der Waals surface area contributed by atoms with Crippen molar-refractivity contribution in [2.75, 3.05) is 0 Å². The van der Waals surface area contributed by atoms with E-state index in [2.05, 4.69) is 15.2 Å². The van der Waals surface area contributed by atoms with Gasteiger partial charge >= 0.3 is 0 Å². The molecule has 0 unspecified atom stereocenters. The summed E-state index contributed by atoms with van der Waals surface area (Å²) >= 11 is 0. The molecular weight excluding hydrogens is 180 g/mol. The third kappa shape index (κ3) is 1.53. The maximum atomic E-state index is 5.45. The normalized spacial score (nSPS) is 11.1. The minimum absolute atomic E-state index is 0.250. The Morgan fingerprint density at radius 3 is 2.64 bits per heavy atom. The molecule has 2 rings (SSSR count). The second kappa shape index (κ2) is 3.25. The van der Waals surface area contributed by atoms with Gasteiger partial charge in [0, 0.05) is 19.2 Å². The molecule has 5 heteroatoms. The standard InChI is InChI=1S/C9H12N4O/c1-6(2)8-11-12-9(14-8)7-4-13(3)5-10-7/h4-6H,1-3H3. The van der Waals surface area contributed by atoms with Crippen LogP contribution in [0.5, 0.6) is 0 Å². The monoisotopic (exact) mass is 192 g/mol. The molecule has 0 saturated carbocycles. The van der Waals surface area contributed by atoms with Gasteiger partial charge in [-0.2, -0.15) is 0 Å². The molecule has 74 valence electrons. The zero-order valence-electron chi connectivity index (χ0n) is 8.43. The summed E-state index contributed by atoms with van der Waals surface area (Å²) in [6.45, 7) is 4.02. The van der Waals surface area contributed by atoms with Crippen LogP contribution in [0, 0.1) is 0 Å². The molecule has 0 atom stereocenters. The molecule has 2 heterocycles. The number of aromatic nitrogens is 4. The number of imidazole rings is 1. The van der Waals surface area contributed by atoms with E-state index < -0.39 is 0 Å². The summed E-state index contributed by atoms with van der Waals surface area (Å²) in [5, 5.41) is 7.86. The number of aryl methyl sites for hydroxylation is 1. The number of rotatable bonds is 2. The first-order valence-corrected chi connectivity index (χ1v) is 4.48. The van der Waals surface area contributed by atoms with E-state index in [1.165, 1.54) is 0 Å². The van der Waals surface area contributed by atoms with Gasteiger partial charge in [0.25, 0.3) is 5.89 Å². The lowest BCUT2D eigenvalue weighted by Gasteiger charge is -1.93. The predicted octanol–water partition coefficient (Wildman–Crippen LogP) is 1.59. The van der Waals surface area contributed by atoms with E-state index in [4.69, 9.17) is 4.42 Å². The van der Waals surface area contributed by atoms with Crippen LogP contribution < -0.4 is 0 Å². The summed E-state index contributed by atoms with van der Waals surface area (Å²) in [6, 6.07) is 0. The van der Waals surface area contributed by atoms with Crippen molar-refractivity contribution < 1.29 is 4.42 Å². The Kier molecular flexibility index (Phi) is 2.07. The van der Waals surface area contributed by atoms with Crippen molar-refractivity contribution in [1.29, 1.82) is 0 Å². The Bertz CT molecular complexity index is 429. The minimum Gasteiger partial charge on any atom is -0.419 e. The number of hydrogen-bond donors (Lipinski definition) is 0. The Morgan fingerprint density at radius 2 is 2.14 bits per heavy atom. The molecule has 0 aromatic carbocycles. The fourth-order valence-electron chi connectivity index (χ4n) is 1.09. The fourth-order valence-corrected chi connectivity index (χ4v) is 1.09. The van der Waals surface area contributed by atoms with Gasteiger partial charge in [0.1, 0.15) is 5.69 Å². The van der Waals surface area contributed by atoms with Crippen LogP contribution in [-0.4, -0.2) is 19.7 Å². The number of hydrogen-bond acceptors (Lipinski definition) is 4. The van der Waals surface area contributed by atoms with Gasteiger partial charge in [-0.1, -0.05) is 13.8 Å². The highest BCUT2D eigenvalue weighted by atomic mass is 16.4. The molecule has 2 aromatic rings. The highest BCUT2D eigenvalue weighted by molar-refractivity contribution is 5.43. The van der Waals surface area contributed by atoms with E-state index in [-0.39, 0.29) is 5.92 Å². The summed E-state index contributed by atoms with van der Waals surface area (Å²) in [4.78, 5) is 4.13. The maximum Gasteiger partial charge on any atom is 0.267 e. The van der Waals surface area contributed by atoms with Crippen molar-refractivity contribution >= 4 is 0 Å². The molecule has 0 aliphatic rings. The van der Waals surface area contributed by atoms with E-state index in [0.717, 1.165) is 0 Å². The zero-order chi connectivity index (χ0) is 10.1. The smallest absolute Gasteiger partial charge is 0.267 e. The molecule has 0 fully saturated rings. The topological polar surface area (TPSA) is 56.7 Å². The molecule has 14 heavy (non-hydrogen) atoms. The summed E-state index contributed by atoms with van der Waals surface area (Å²) in [5.74, 6) is 1.37. The van der Waals surface area contributed by atoms with Gasteiger partial charge in [-0.3, -0.25) is 0 Å². The van der Waals surface area contributed by atoms with Crippen molar-refractivity contribution in [2.24, 2.45) is 7.05 Å². The van der Waals surface area contributed by atoms with Crippen molar-refractivity contribution in [1.82, 2.24) is 19.7 Å². The Balaban J connectivity index is 2.33. The first-order chi connectivity index (χ1) is 6.66. The first-order valence-electron chi connectivity index (χ1n) is 4.48. The number of nitrogens with zero attached hydrogens (tertiary/aromatic N) is 4. The van der Waals surface area contributed by atoms with Crippen LogP contribution in [-0.2, 0) is 7.05 Å². The third-order valence-electron chi connectivity index (χ3n) is 1.86. The second-order valence-electron chi connectivity index (χ2n) is 3.52. The minimum atomic E-state index is 0.250. The quantitative estimate of drug-likeness (QED) is 0.725. The molecular formula is C9H12N4O. The lowest BCUT2D eigenvalue weighted by atomic mass is 10.2.